The SMILES string of the molecule is CC(=O)N/C(=C\C=O)c1ccc(Cl)cc1. The highest BCUT2D eigenvalue weighted by atomic mass is 35.5. The molecule has 1 aromatic carbocycles. The van der Waals surface area contributed by atoms with Gasteiger partial charge in [0.2, 0.25) is 5.91 Å². The van der Waals surface area contributed by atoms with E-state index >= 15 is 0 Å². The average Bonchev–Trinajstić information content (AvgIpc) is 2.17. The molecule has 3 nitrogen and oxygen atoms in total. The van der Waals surface area contributed by atoms with E-state index in [1.54, 1.807) is 24.3 Å². The third-order valence-corrected chi connectivity index (χ3v) is 1.95. The second kappa shape index (κ2) is 5.32. The first-order chi connectivity index (χ1) is 7.13. The van der Waals surface area contributed by atoms with Crippen LogP contribution < -0.4 is 5.32 Å². The molecule has 0 unspecified atom stereocenters. The molecule has 0 saturated carbocycles. The van der Waals surface area contributed by atoms with Crippen LogP contribution in [0.3, 0.4) is 0 Å². The van der Waals surface area contributed by atoms with E-state index < -0.39 is 0 Å². The number of carbonyl (C=O) groups is 2. The Morgan fingerprint density at radius 1 is 1.33 bits per heavy atom. The number of halogens is 1. The van der Waals surface area contributed by atoms with Crippen molar-refractivity contribution in [3.63, 3.8) is 0 Å². The first-order valence-corrected chi connectivity index (χ1v) is 4.70. The van der Waals surface area contributed by atoms with Crippen molar-refractivity contribution >= 4 is 29.5 Å². The van der Waals surface area contributed by atoms with Gasteiger partial charge in [0.05, 0.1) is 5.70 Å². The topological polar surface area (TPSA) is 46.2 Å². The third kappa shape index (κ3) is 3.56. The molecule has 1 N–H and O–H groups in total. The van der Waals surface area contributed by atoms with Crippen LogP contribution in [0.5, 0.6) is 0 Å². The maximum absolute atomic E-state index is 10.9. The van der Waals surface area contributed by atoms with Crippen molar-refractivity contribution in [2.45, 2.75) is 6.92 Å². The predicted octanol–water partition coefficient (Wildman–Crippen LogP) is 2.02. The summed E-state index contributed by atoms with van der Waals surface area (Å²) < 4.78 is 0. The number of carbonyl (C=O) groups excluding carboxylic acids is 2. The van der Waals surface area contributed by atoms with E-state index in [0.717, 1.165) is 5.56 Å². The van der Waals surface area contributed by atoms with Crippen LogP contribution in [0.25, 0.3) is 5.70 Å². The molecule has 0 fully saturated rings. The quantitative estimate of drug-likeness (QED) is 0.630. The van der Waals surface area contributed by atoms with E-state index in [1.807, 2.05) is 0 Å². The summed E-state index contributed by atoms with van der Waals surface area (Å²) in [6, 6.07) is 6.84. The summed E-state index contributed by atoms with van der Waals surface area (Å²) in [7, 11) is 0. The number of aldehydes is 1. The predicted molar refractivity (Wildman–Crippen MR) is 59.3 cm³/mol. The van der Waals surface area contributed by atoms with Crippen molar-refractivity contribution in [2.75, 3.05) is 0 Å². The molecule has 0 radical (unpaired) electrons. The molecular weight excluding hydrogens is 214 g/mol. The summed E-state index contributed by atoms with van der Waals surface area (Å²) in [5.74, 6) is -0.224. The standard InChI is InChI=1S/C11H10ClNO2/c1-8(15)13-11(6-7-14)9-2-4-10(12)5-3-9/h2-7H,1H3,(H,13,15)/b11-6-. The van der Waals surface area contributed by atoms with Crippen molar-refractivity contribution in [3.8, 4) is 0 Å². The van der Waals surface area contributed by atoms with Gasteiger partial charge < -0.3 is 5.32 Å². The number of benzene rings is 1. The minimum absolute atomic E-state index is 0.224. The Morgan fingerprint density at radius 3 is 2.40 bits per heavy atom. The number of rotatable bonds is 3. The maximum atomic E-state index is 10.9. The van der Waals surface area contributed by atoms with Crippen LogP contribution in [0.15, 0.2) is 30.3 Å². The van der Waals surface area contributed by atoms with Crippen LogP contribution in [-0.4, -0.2) is 12.2 Å². The summed E-state index contributed by atoms with van der Waals surface area (Å²) in [6.07, 6.45) is 1.92. The Hall–Kier alpha value is -1.61. The van der Waals surface area contributed by atoms with E-state index in [2.05, 4.69) is 5.32 Å². The second-order valence-electron chi connectivity index (χ2n) is 2.90. The monoisotopic (exact) mass is 223 g/mol. The molecule has 1 aromatic rings. The average molecular weight is 224 g/mol. The van der Waals surface area contributed by atoms with Gasteiger partial charge in [0.1, 0.15) is 6.29 Å². The lowest BCUT2D eigenvalue weighted by atomic mass is 10.1. The van der Waals surface area contributed by atoms with Crippen molar-refractivity contribution in [1.82, 2.24) is 5.32 Å². The number of amides is 1. The second-order valence-corrected chi connectivity index (χ2v) is 3.34. The molecule has 0 bridgehead atoms. The molecule has 0 aliphatic heterocycles. The molecule has 0 aliphatic rings. The van der Waals surface area contributed by atoms with E-state index in [4.69, 9.17) is 11.6 Å². The molecule has 4 heteroatoms. The minimum Gasteiger partial charge on any atom is -0.326 e. The Bertz CT molecular complexity index is 396. The van der Waals surface area contributed by atoms with E-state index in [9.17, 15) is 9.59 Å². The van der Waals surface area contributed by atoms with Gasteiger partial charge >= 0.3 is 0 Å². The normalized spacial score (nSPS) is 10.9. The molecule has 0 heterocycles. The van der Waals surface area contributed by atoms with Gasteiger partial charge in [0.25, 0.3) is 0 Å². The number of hydrogen-bond donors (Lipinski definition) is 1. The summed E-state index contributed by atoms with van der Waals surface area (Å²) >= 11 is 5.72. The van der Waals surface area contributed by atoms with Crippen LogP contribution in [0.2, 0.25) is 5.02 Å². The van der Waals surface area contributed by atoms with Crippen LogP contribution in [-0.2, 0) is 9.59 Å². The zero-order valence-electron chi connectivity index (χ0n) is 8.16. The zero-order chi connectivity index (χ0) is 11.3. The smallest absolute Gasteiger partial charge is 0.221 e. The molecule has 0 aliphatic carbocycles. The van der Waals surface area contributed by atoms with Gasteiger partial charge in [-0.15, -0.1) is 0 Å². The van der Waals surface area contributed by atoms with Crippen LogP contribution in [0.1, 0.15) is 12.5 Å². The van der Waals surface area contributed by atoms with E-state index in [-0.39, 0.29) is 5.91 Å². The lowest BCUT2D eigenvalue weighted by Gasteiger charge is -2.06. The summed E-state index contributed by atoms with van der Waals surface area (Å²) in [5.41, 5.74) is 1.20. The fourth-order valence-electron chi connectivity index (χ4n) is 1.10. The Morgan fingerprint density at radius 2 is 1.93 bits per heavy atom. The molecule has 0 atom stereocenters. The molecule has 0 spiro atoms. The van der Waals surface area contributed by atoms with Gasteiger partial charge in [-0.1, -0.05) is 23.7 Å². The fourth-order valence-corrected chi connectivity index (χ4v) is 1.22. The van der Waals surface area contributed by atoms with Crippen molar-refractivity contribution in [1.29, 1.82) is 0 Å². The first kappa shape index (κ1) is 11.5. The van der Waals surface area contributed by atoms with Gasteiger partial charge in [-0.25, -0.2) is 0 Å². The summed E-state index contributed by atoms with van der Waals surface area (Å²) in [6.45, 7) is 1.38. The fraction of sp³-hybridized carbons (Fsp3) is 0.0909. The number of allylic oxidation sites excluding steroid dienone is 1. The molecular formula is C11H10ClNO2. The van der Waals surface area contributed by atoms with Gasteiger partial charge in [-0.3, -0.25) is 9.59 Å². The minimum atomic E-state index is -0.224. The molecule has 1 rings (SSSR count). The van der Waals surface area contributed by atoms with Gasteiger partial charge in [-0.05, 0) is 17.7 Å². The Labute approximate surface area is 92.7 Å². The number of hydrogen-bond acceptors (Lipinski definition) is 2. The van der Waals surface area contributed by atoms with Crippen LogP contribution in [0.4, 0.5) is 0 Å². The third-order valence-electron chi connectivity index (χ3n) is 1.70. The Balaban J connectivity index is 2.99. The maximum Gasteiger partial charge on any atom is 0.221 e. The molecule has 0 aromatic heterocycles. The van der Waals surface area contributed by atoms with Crippen molar-refractivity contribution in [2.24, 2.45) is 0 Å². The summed E-state index contributed by atoms with van der Waals surface area (Å²) in [4.78, 5) is 21.3. The highest BCUT2D eigenvalue weighted by Gasteiger charge is 2.02. The zero-order valence-corrected chi connectivity index (χ0v) is 8.91. The highest BCUT2D eigenvalue weighted by molar-refractivity contribution is 6.30. The molecule has 0 saturated heterocycles. The van der Waals surface area contributed by atoms with Gasteiger partial charge in [0, 0.05) is 18.0 Å². The lowest BCUT2D eigenvalue weighted by molar-refractivity contribution is -0.117. The number of nitrogens with one attached hydrogen (secondary N) is 1. The molecule has 15 heavy (non-hydrogen) atoms. The van der Waals surface area contributed by atoms with Crippen molar-refractivity contribution in [3.05, 3.63) is 40.9 Å². The highest BCUT2D eigenvalue weighted by Crippen LogP contribution is 2.15. The first-order valence-electron chi connectivity index (χ1n) is 4.32. The molecule has 78 valence electrons. The van der Waals surface area contributed by atoms with Crippen molar-refractivity contribution < 1.29 is 9.59 Å². The lowest BCUT2D eigenvalue weighted by Crippen LogP contribution is -2.18. The van der Waals surface area contributed by atoms with Gasteiger partial charge in [0.15, 0.2) is 0 Å². The summed E-state index contributed by atoms with van der Waals surface area (Å²) in [5, 5.41) is 3.17. The van der Waals surface area contributed by atoms with E-state index in [1.165, 1.54) is 13.0 Å². The Kier molecular flexibility index (Phi) is 4.06. The molecule has 1 amide bonds. The van der Waals surface area contributed by atoms with Crippen LogP contribution in [0, 0.1) is 0 Å². The van der Waals surface area contributed by atoms with Gasteiger partial charge in [-0.2, -0.15) is 0 Å². The van der Waals surface area contributed by atoms with Crippen LogP contribution >= 0.6 is 11.6 Å². The largest absolute Gasteiger partial charge is 0.326 e. The van der Waals surface area contributed by atoms with E-state index in [0.29, 0.717) is 17.0 Å².